The van der Waals surface area contributed by atoms with E-state index in [1.54, 1.807) is 5.56 Å². The molecule has 2 rings (SSSR count). The topological polar surface area (TPSA) is 20.2 Å². The maximum Gasteiger partial charge on any atom is 0.0540 e. The molecule has 1 nitrogen and oxygen atoms in total. The summed E-state index contributed by atoms with van der Waals surface area (Å²) in [5, 5.41) is 9.70. The van der Waals surface area contributed by atoms with Crippen molar-refractivity contribution in [3.05, 3.63) is 34.9 Å². The molecule has 1 aromatic rings. The van der Waals surface area contributed by atoms with Crippen LogP contribution in [0.1, 0.15) is 87.8 Å². The highest BCUT2D eigenvalue weighted by Gasteiger charge is 2.23. The predicted octanol–water partition coefficient (Wildman–Crippen LogP) is 4.95. The number of rotatable bonds is 3. The molecule has 1 N–H and O–H groups in total. The van der Waals surface area contributed by atoms with Crippen molar-refractivity contribution in [3.63, 3.8) is 0 Å². The molecule has 0 aliphatic heterocycles. The summed E-state index contributed by atoms with van der Waals surface area (Å²) in [5.41, 5.74) is 4.50. The first-order chi connectivity index (χ1) is 8.99. The Kier molecular flexibility index (Phi) is 4.67. The quantitative estimate of drug-likeness (QED) is 0.815. The van der Waals surface area contributed by atoms with Gasteiger partial charge in [0, 0.05) is 0 Å². The van der Waals surface area contributed by atoms with E-state index in [0.717, 1.165) is 25.7 Å². The van der Waals surface area contributed by atoms with E-state index in [4.69, 9.17) is 0 Å². The fourth-order valence-corrected chi connectivity index (χ4v) is 3.22. The van der Waals surface area contributed by atoms with Crippen LogP contribution in [0.4, 0.5) is 0 Å². The van der Waals surface area contributed by atoms with Crippen molar-refractivity contribution in [3.8, 4) is 0 Å². The van der Waals surface area contributed by atoms with Gasteiger partial charge in [0.1, 0.15) is 0 Å². The van der Waals surface area contributed by atoms with E-state index >= 15 is 0 Å². The second kappa shape index (κ2) is 6.09. The van der Waals surface area contributed by atoms with Gasteiger partial charge in [0.25, 0.3) is 0 Å². The summed E-state index contributed by atoms with van der Waals surface area (Å²) >= 11 is 0. The van der Waals surface area contributed by atoms with E-state index in [2.05, 4.69) is 45.9 Å². The van der Waals surface area contributed by atoms with Crippen molar-refractivity contribution in [2.45, 2.75) is 77.2 Å². The molecule has 1 saturated carbocycles. The van der Waals surface area contributed by atoms with E-state index in [-0.39, 0.29) is 6.10 Å². The Morgan fingerprint density at radius 1 is 0.947 bits per heavy atom. The van der Waals surface area contributed by atoms with Gasteiger partial charge in [-0.1, -0.05) is 45.9 Å². The van der Waals surface area contributed by atoms with Crippen LogP contribution in [-0.4, -0.2) is 11.2 Å². The van der Waals surface area contributed by atoms with Crippen LogP contribution in [0, 0.1) is 0 Å². The lowest BCUT2D eigenvalue weighted by molar-refractivity contribution is 0.122. The van der Waals surface area contributed by atoms with Crippen molar-refractivity contribution in [1.29, 1.82) is 0 Å². The highest BCUT2D eigenvalue weighted by Crippen LogP contribution is 2.38. The molecule has 0 heterocycles. The molecule has 0 atom stereocenters. The van der Waals surface area contributed by atoms with Crippen molar-refractivity contribution in [1.82, 2.24) is 0 Å². The summed E-state index contributed by atoms with van der Waals surface area (Å²) in [6, 6.07) is 7.06. The molecule has 0 saturated heterocycles. The third-order valence-electron chi connectivity index (χ3n) is 4.54. The minimum absolute atomic E-state index is 0.0629. The predicted molar refractivity (Wildman–Crippen MR) is 81.8 cm³/mol. The lowest BCUT2D eigenvalue weighted by Crippen LogP contribution is -2.18. The molecule has 0 aromatic heterocycles. The molecule has 0 spiro atoms. The highest BCUT2D eigenvalue weighted by molar-refractivity contribution is 5.38. The Morgan fingerprint density at radius 2 is 1.58 bits per heavy atom. The molecule has 1 fully saturated rings. The van der Waals surface area contributed by atoms with Crippen molar-refractivity contribution < 1.29 is 5.11 Å². The van der Waals surface area contributed by atoms with Crippen LogP contribution in [0.3, 0.4) is 0 Å². The monoisotopic (exact) mass is 260 g/mol. The molecular formula is C18H28O. The van der Waals surface area contributed by atoms with Gasteiger partial charge < -0.3 is 5.11 Å². The zero-order valence-corrected chi connectivity index (χ0v) is 12.8. The zero-order valence-electron chi connectivity index (χ0n) is 12.8. The van der Waals surface area contributed by atoms with Gasteiger partial charge in [-0.2, -0.15) is 0 Å². The molecule has 0 amide bonds. The maximum absolute atomic E-state index is 9.70. The largest absolute Gasteiger partial charge is 0.393 e. The van der Waals surface area contributed by atoms with Crippen molar-refractivity contribution in [2.24, 2.45) is 0 Å². The highest BCUT2D eigenvalue weighted by atomic mass is 16.3. The number of hydrogen-bond donors (Lipinski definition) is 1. The van der Waals surface area contributed by atoms with Crippen LogP contribution in [0.2, 0.25) is 0 Å². The maximum atomic E-state index is 9.70. The fourth-order valence-electron chi connectivity index (χ4n) is 3.22. The Bertz CT molecular complexity index is 412. The normalized spacial score (nSPS) is 24.2. The first-order valence-corrected chi connectivity index (χ1v) is 7.80. The zero-order chi connectivity index (χ0) is 14.0. The van der Waals surface area contributed by atoms with Gasteiger partial charge in [0.2, 0.25) is 0 Å². The Hall–Kier alpha value is -0.820. The molecule has 1 aliphatic carbocycles. The van der Waals surface area contributed by atoms with Crippen LogP contribution in [0.15, 0.2) is 18.2 Å². The Labute approximate surface area is 118 Å². The van der Waals surface area contributed by atoms with Crippen LogP contribution < -0.4 is 0 Å². The fraction of sp³-hybridized carbons (Fsp3) is 0.667. The van der Waals surface area contributed by atoms with Gasteiger partial charge in [-0.05, 0) is 60.1 Å². The van der Waals surface area contributed by atoms with Gasteiger partial charge in [0.05, 0.1) is 6.10 Å². The minimum Gasteiger partial charge on any atom is -0.393 e. The lowest BCUT2D eigenvalue weighted by Gasteiger charge is -2.29. The standard InChI is InChI=1S/C18H28O/c1-12(2)15-7-10-17(13(3)4)18(11-15)14-5-8-16(19)9-6-14/h7,10-14,16,19H,5-6,8-9H2,1-4H3. The Balaban J connectivity index is 2.32. The molecule has 19 heavy (non-hydrogen) atoms. The Morgan fingerprint density at radius 3 is 2.11 bits per heavy atom. The molecule has 106 valence electrons. The first kappa shape index (κ1) is 14.6. The molecule has 1 heteroatoms. The van der Waals surface area contributed by atoms with Crippen LogP contribution in [0.5, 0.6) is 0 Å². The average molecular weight is 260 g/mol. The van der Waals surface area contributed by atoms with Crippen molar-refractivity contribution >= 4 is 0 Å². The van der Waals surface area contributed by atoms with E-state index in [9.17, 15) is 5.11 Å². The average Bonchev–Trinajstić information content (AvgIpc) is 2.38. The van der Waals surface area contributed by atoms with Gasteiger partial charge in [0.15, 0.2) is 0 Å². The number of hydrogen-bond acceptors (Lipinski definition) is 1. The minimum atomic E-state index is -0.0629. The second-order valence-electron chi connectivity index (χ2n) is 6.70. The van der Waals surface area contributed by atoms with Gasteiger partial charge in [-0.3, -0.25) is 0 Å². The third kappa shape index (κ3) is 3.39. The van der Waals surface area contributed by atoms with E-state index in [1.165, 1.54) is 11.1 Å². The van der Waals surface area contributed by atoms with Crippen LogP contribution in [-0.2, 0) is 0 Å². The third-order valence-corrected chi connectivity index (χ3v) is 4.54. The number of aliphatic hydroxyl groups is 1. The van der Waals surface area contributed by atoms with Gasteiger partial charge in [-0.25, -0.2) is 0 Å². The summed E-state index contributed by atoms with van der Waals surface area (Å²) in [5.74, 6) is 1.83. The summed E-state index contributed by atoms with van der Waals surface area (Å²) in [6.07, 6.45) is 4.15. The van der Waals surface area contributed by atoms with Crippen molar-refractivity contribution in [2.75, 3.05) is 0 Å². The summed E-state index contributed by atoms with van der Waals surface area (Å²) in [4.78, 5) is 0. The molecule has 0 unspecified atom stereocenters. The second-order valence-corrected chi connectivity index (χ2v) is 6.70. The summed E-state index contributed by atoms with van der Waals surface area (Å²) in [6.45, 7) is 9.09. The molecular weight excluding hydrogens is 232 g/mol. The van der Waals surface area contributed by atoms with E-state index < -0.39 is 0 Å². The smallest absolute Gasteiger partial charge is 0.0540 e. The molecule has 1 aromatic carbocycles. The van der Waals surface area contributed by atoms with Gasteiger partial charge in [-0.15, -0.1) is 0 Å². The number of aliphatic hydroxyl groups excluding tert-OH is 1. The summed E-state index contributed by atoms with van der Waals surface area (Å²) < 4.78 is 0. The van der Waals surface area contributed by atoms with Crippen LogP contribution in [0.25, 0.3) is 0 Å². The summed E-state index contributed by atoms with van der Waals surface area (Å²) in [7, 11) is 0. The lowest BCUT2D eigenvalue weighted by atomic mass is 9.78. The van der Waals surface area contributed by atoms with Crippen LogP contribution >= 0.6 is 0 Å². The van der Waals surface area contributed by atoms with E-state index in [0.29, 0.717) is 17.8 Å². The SMILES string of the molecule is CC(C)c1ccc(C(C)C)c(C2CCC(O)CC2)c1. The molecule has 1 aliphatic rings. The number of benzene rings is 1. The van der Waals surface area contributed by atoms with E-state index in [1.807, 2.05) is 0 Å². The molecule has 0 bridgehead atoms. The van der Waals surface area contributed by atoms with Gasteiger partial charge >= 0.3 is 0 Å². The first-order valence-electron chi connectivity index (χ1n) is 7.80. The molecule has 0 radical (unpaired) electrons.